The number of halogens is 2. The van der Waals surface area contributed by atoms with Crippen molar-refractivity contribution in [1.29, 1.82) is 0 Å². The Morgan fingerprint density at radius 3 is 1.97 bits per heavy atom. The van der Waals surface area contributed by atoms with E-state index in [0.717, 1.165) is 18.8 Å². The molecule has 0 bridgehead atoms. The van der Waals surface area contributed by atoms with Crippen molar-refractivity contribution in [2.45, 2.75) is 33.1 Å². The fraction of sp³-hybridized carbons (Fsp3) is 0.367. The number of hydrogen-bond donors (Lipinski definition) is 3. The van der Waals surface area contributed by atoms with Crippen molar-refractivity contribution in [2.24, 2.45) is 5.92 Å². The van der Waals surface area contributed by atoms with Gasteiger partial charge >= 0.3 is 5.97 Å². The maximum Gasteiger partial charge on any atom is 0.307 e. The fourth-order valence-electron chi connectivity index (χ4n) is 3.48. The predicted molar refractivity (Wildman–Crippen MR) is 161 cm³/mol. The zero-order chi connectivity index (χ0) is 28.9. The zero-order valence-corrected chi connectivity index (χ0v) is 24.8. The van der Waals surface area contributed by atoms with E-state index in [1.165, 1.54) is 19.4 Å². The molecule has 0 spiro atoms. The van der Waals surface area contributed by atoms with Gasteiger partial charge in [0, 0.05) is 19.3 Å². The molecular weight excluding hydrogens is 523 g/mol. The number of nitrogens with zero attached hydrogens (tertiary/aromatic N) is 1. The van der Waals surface area contributed by atoms with Crippen molar-refractivity contribution in [1.82, 2.24) is 4.90 Å². The van der Waals surface area contributed by atoms with Crippen LogP contribution >= 0.6 is 23.2 Å². The van der Waals surface area contributed by atoms with Crippen LogP contribution in [0.15, 0.2) is 72.8 Å². The lowest BCUT2D eigenvalue weighted by molar-refractivity contribution is -0.136. The molecule has 0 saturated heterocycles. The number of carboxylic acids is 1. The van der Waals surface area contributed by atoms with Crippen molar-refractivity contribution in [3.8, 4) is 5.75 Å². The second-order valence-corrected chi connectivity index (χ2v) is 9.44. The molecule has 210 valence electrons. The molecule has 3 rings (SSSR count). The number of methoxy groups -OCH3 is 1. The minimum absolute atomic E-state index is 0.0642. The Bertz CT molecular complexity index is 1010. The molecule has 0 aliphatic heterocycles. The first-order valence-electron chi connectivity index (χ1n) is 12.4. The first-order valence-corrected chi connectivity index (χ1v) is 13.1. The molecule has 8 heteroatoms. The Labute approximate surface area is 238 Å². The monoisotopic (exact) mass is 564 g/mol. The number of aliphatic hydroxyl groups is 1. The Morgan fingerprint density at radius 2 is 1.50 bits per heavy atom. The van der Waals surface area contributed by atoms with Crippen molar-refractivity contribution < 1.29 is 19.7 Å². The van der Waals surface area contributed by atoms with Gasteiger partial charge in [-0.2, -0.15) is 0 Å². The van der Waals surface area contributed by atoms with Crippen LogP contribution in [-0.4, -0.2) is 55.9 Å². The summed E-state index contributed by atoms with van der Waals surface area (Å²) >= 11 is 12.1. The average molecular weight is 566 g/mol. The molecule has 3 aromatic rings. The summed E-state index contributed by atoms with van der Waals surface area (Å²) in [7, 11) is 6.92. The van der Waals surface area contributed by atoms with Gasteiger partial charge in [-0.15, -0.1) is 0 Å². The van der Waals surface area contributed by atoms with E-state index in [1.807, 2.05) is 36.4 Å². The first-order chi connectivity index (χ1) is 18.2. The maximum atomic E-state index is 10.8. The summed E-state index contributed by atoms with van der Waals surface area (Å²) in [6, 6.07) is 22.0. The molecule has 6 nitrogen and oxygen atoms in total. The van der Waals surface area contributed by atoms with Gasteiger partial charge in [0.05, 0.1) is 29.3 Å². The maximum absolute atomic E-state index is 10.8. The highest BCUT2D eigenvalue weighted by Gasteiger charge is 2.10. The molecule has 3 aromatic carbocycles. The summed E-state index contributed by atoms with van der Waals surface area (Å²) in [6.07, 6.45) is 2.61. The highest BCUT2D eigenvalue weighted by atomic mass is 35.5. The molecule has 0 radical (unpaired) electrons. The molecule has 0 unspecified atom stereocenters. The van der Waals surface area contributed by atoms with E-state index in [1.54, 1.807) is 43.5 Å². The minimum Gasteiger partial charge on any atom is -0.497 e. The number of rotatable bonds is 9. The molecule has 0 heterocycles. The number of ether oxygens (including phenoxy) is 1. The Balaban J connectivity index is 0.000000600. The molecule has 0 aromatic heterocycles. The largest absolute Gasteiger partial charge is 0.497 e. The van der Waals surface area contributed by atoms with E-state index in [2.05, 4.69) is 38.2 Å². The van der Waals surface area contributed by atoms with Crippen LogP contribution in [0, 0.1) is 5.92 Å². The Morgan fingerprint density at radius 1 is 0.947 bits per heavy atom. The first kappa shape index (κ1) is 35.2. The number of carboxylic acid groups (broad SMARTS) is 1. The number of para-hydroxylation sites is 3. The van der Waals surface area contributed by atoms with Gasteiger partial charge in [0.15, 0.2) is 0 Å². The van der Waals surface area contributed by atoms with Gasteiger partial charge < -0.3 is 25.2 Å². The average Bonchev–Trinajstić information content (AvgIpc) is 2.89. The van der Waals surface area contributed by atoms with Gasteiger partial charge in [0.2, 0.25) is 0 Å². The molecule has 3 N–H and O–H groups in total. The van der Waals surface area contributed by atoms with Crippen LogP contribution in [0.3, 0.4) is 0 Å². The van der Waals surface area contributed by atoms with E-state index in [-0.39, 0.29) is 6.42 Å². The number of carbonyl (C=O) groups is 1. The van der Waals surface area contributed by atoms with E-state index in [4.69, 9.17) is 38.2 Å². The standard InChI is InChI=1S/C14H11Cl2NO2.C8H19N.C7H8O.CH4O/c15-10-5-3-6-11(16)14(10)17-12-7-2-1-4-9(12)8-13(18)19;1-5-6-8(2)7-9(3)4;1-8-7-5-3-2-4-6-7;1-2/h1-7,17H,8H2,(H,18,19);8H,5-7H2,1-4H3;2-6H,1H3;2H,1H3/t;8-;;/m.0../s1. The Kier molecular flexibility index (Phi) is 19.6. The van der Waals surface area contributed by atoms with E-state index in [0.29, 0.717) is 27.0 Å². The quantitative estimate of drug-likeness (QED) is 0.247. The lowest BCUT2D eigenvalue weighted by Gasteiger charge is -2.15. The highest BCUT2D eigenvalue weighted by Crippen LogP contribution is 2.33. The van der Waals surface area contributed by atoms with Crippen LogP contribution in [0.4, 0.5) is 11.4 Å². The van der Waals surface area contributed by atoms with Crippen LogP contribution in [0.1, 0.15) is 32.3 Å². The van der Waals surface area contributed by atoms with Crippen LogP contribution in [0.2, 0.25) is 10.0 Å². The third-order valence-electron chi connectivity index (χ3n) is 5.02. The van der Waals surface area contributed by atoms with Crippen LogP contribution in [0.5, 0.6) is 5.75 Å². The lowest BCUT2D eigenvalue weighted by Crippen LogP contribution is -2.19. The molecule has 0 aliphatic rings. The van der Waals surface area contributed by atoms with Crippen LogP contribution in [0.25, 0.3) is 0 Å². The van der Waals surface area contributed by atoms with Crippen molar-refractivity contribution in [2.75, 3.05) is 40.2 Å². The summed E-state index contributed by atoms with van der Waals surface area (Å²) in [6.45, 7) is 5.78. The third kappa shape index (κ3) is 15.5. The SMILES string of the molecule is CCC[C@H](C)CN(C)C.CO.COc1ccccc1.O=C(O)Cc1ccccc1Nc1c(Cl)cccc1Cl. The van der Waals surface area contributed by atoms with E-state index < -0.39 is 5.97 Å². The summed E-state index contributed by atoms with van der Waals surface area (Å²) in [5.74, 6) is 0.886. The molecule has 0 saturated carbocycles. The van der Waals surface area contributed by atoms with Gasteiger partial charge in [-0.05, 0) is 62.3 Å². The van der Waals surface area contributed by atoms with Gasteiger partial charge in [-0.1, -0.05) is 85.9 Å². The lowest BCUT2D eigenvalue weighted by atomic mass is 10.1. The molecule has 0 aliphatic carbocycles. The van der Waals surface area contributed by atoms with Crippen LogP contribution in [-0.2, 0) is 11.2 Å². The summed E-state index contributed by atoms with van der Waals surface area (Å²) in [5.41, 5.74) is 1.93. The number of aliphatic hydroxyl groups excluding tert-OH is 1. The predicted octanol–water partition coefficient (Wildman–Crippen LogP) is 7.65. The minimum atomic E-state index is -0.889. The molecule has 0 fully saturated rings. The van der Waals surface area contributed by atoms with E-state index in [9.17, 15) is 4.79 Å². The summed E-state index contributed by atoms with van der Waals surface area (Å²) in [4.78, 5) is 13.1. The summed E-state index contributed by atoms with van der Waals surface area (Å²) in [5, 5.41) is 19.9. The molecule has 1 atom stereocenters. The summed E-state index contributed by atoms with van der Waals surface area (Å²) < 4.78 is 4.91. The number of benzene rings is 3. The van der Waals surface area contributed by atoms with Crippen molar-refractivity contribution >= 4 is 40.5 Å². The van der Waals surface area contributed by atoms with Crippen molar-refractivity contribution in [3.63, 3.8) is 0 Å². The van der Waals surface area contributed by atoms with Crippen LogP contribution < -0.4 is 10.1 Å². The Hall–Kier alpha value is -2.77. The number of hydrogen-bond acceptors (Lipinski definition) is 5. The molecule has 38 heavy (non-hydrogen) atoms. The van der Waals surface area contributed by atoms with Gasteiger partial charge in [-0.3, -0.25) is 4.79 Å². The molecular formula is C30H42Cl2N2O4. The van der Waals surface area contributed by atoms with E-state index >= 15 is 0 Å². The second kappa shape index (κ2) is 21.2. The van der Waals surface area contributed by atoms with Gasteiger partial charge in [0.1, 0.15) is 5.75 Å². The number of anilines is 2. The third-order valence-corrected chi connectivity index (χ3v) is 5.65. The normalized spacial score (nSPS) is 10.5. The topological polar surface area (TPSA) is 82.0 Å². The zero-order valence-electron chi connectivity index (χ0n) is 23.2. The smallest absolute Gasteiger partial charge is 0.307 e. The van der Waals surface area contributed by atoms with Crippen molar-refractivity contribution in [3.05, 3.63) is 88.4 Å². The number of nitrogens with one attached hydrogen (secondary N) is 1. The fourth-order valence-corrected chi connectivity index (χ4v) is 3.97. The second-order valence-electron chi connectivity index (χ2n) is 8.62. The highest BCUT2D eigenvalue weighted by molar-refractivity contribution is 6.39. The molecule has 0 amide bonds. The van der Waals surface area contributed by atoms with Gasteiger partial charge in [-0.25, -0.2) is 0 Å². The van der Waals surface area contributed by atoms with Gasteiger partial charge in [0.25, 0.3) is 0 Å². The number of aliphatic carboxylic acids is 1.